The minimum absolute atomic E-state index is 0.659. The van der Waals surface area contributed by atoms with Crippen molar-refractivity contribution < 1.29 is 0 Å². The first-order chi connectivity index (χ1) is 6.77. The molecule has 0 amide bonds. The van der Waals surface area contributed by atoms with E-state index in [2.05, 4.69) is 27.3 Å². The Morgan fingerprint density at radius 2 is 2.29 bits per heavy atom. The average molecular weight is 198 g/mol. The molecule has 0 aliphatic rings. The summed E-state index contributed by atoms with van der Waals surface area (Å²) in [5.41, 5.74) is 5.45. The highest BCUT2D eigenvalue weighted by atomic mass is 15.5. The zero-order valence-corrected chi connectivity index (χ0v) is 8.85. The summed E-state index contributed by atoms with van der Waals surface area (Å²) in [6.07, 6.45) is 1.04. The normalized spacial score (nSPS) is 11.1. The van der Waals surface area contributed by atoms with Crippen LogP contribution in [0.15, 0.2) is 0 Å². The molecule has 80 valence electrons. The van der Waals surface area contributed by atoms with Crippen molar-refractivity contribution in [3.05, 3.63) is 5.82 Å². The Morgan fingerprint density at radius 3 is 2.93 bits per heavy atom. The van der Waals surface area contributed by atoms with Gasteiger partial charge in [0.1, 0.15) is 0 Å². The van der Waals surface area contributed by atoms with Crippen LogP contribution in [0.5, 0.6) is 0 Å². The van der Waals surface area contributed by atoms with E-state index in [-0.39, 0.29) is 0 Å². The van der Waals surface area contributed by atoms with Crippen molar-refractivity contribution in [2.24, 2.45) is 5.73 Å². The molecule has 1 aromatic heterocycles. The van der Waals surface area contributed by atoms with E-state index >= 15 is 0 Å². The maximum Gasteiger partial charge on any atom is 0.165 e. The van der Waals surface area contributed by atoms with Crippen molar-refractivity contribution in [3.8, 4) is 0 Å². The molecule has 0 unspecified atom stereocenters. The van der Waals surface area contributed by atoms with Crippen LogP contribution < -0.4 is 5.73 Å². The minimum Gasteiger partial charge on any atom is -0.329 e. The number of aromatic nitrogens is 4. The van der Waals surface area contributed by atoms with Crippen LogP contribution in [-0.2, 0) is 13.1 Å². The van der Waals surface area contributed by atoms with E-state index in [1.807, 2.05) is 11.7 Å². The lowest BCUT2D eigenvalue weighted by Gasteiger charge is -2.14. The van der Waals surface area contributed by atoms with Crippen molar-refractivity contribution in [2.75, 3.05) is 20.1 Å². The number of aryl methyl sites for hydroxylation is 1. The van der Waals surface area contributed by atoms with E-state index in [0.29, 0.717) is 6.54 Å². The van der Waals surface area contributed by atoms with Crippen LogP contribution in [-0.4, -0.2) is 45.2 Å². The molecule has 0 aromatic carbocycles. The van der Waals surface area contributed by atoms with Gasteiger partial charge in [-0.2, -0.15) is 0 Å². The van der Waals surface area contributed by atoms with Gasteiger partial charge in [0.15, 0.2) is 5.82 Å². The van der Waals surface area contributed by atoms with Gasteiger partial charge in [-0.25, -0.2) is 4.68 Å². The second-order valence-corrected chi connectivity index (χ2v) is 3.34. The molecule has 0 bridgehead atoms. The van der Waals surface area contributed by atoms with Crippen LogP contribution in [0.1, 0.15) is 19.2 Å². The fourth-order valence-electron chi connectivity index (χ4n) is 1.26. The molecule has 0 aliphatic heterocycles. The smallest absolute Gasteiger partial charge is 0.165 e. The largest absolute Gasteiger partial charge is 0.329 e. The number of tetrazole rings is 1. The van der Waals surface area contributed by atoms with Crippen LogP contribution in [0.2, 0.25) is 0 Å². The van der Waals surface area contributed by atoms with Crippen LogP contribution in [0.4, 0.5) is 0 Å². The fourth-order valence-corrected chi connectivity index (χ4v) is 1.26. The van der Waals surface area contributed by atoms with E-state index < -0.39 is 0 Å². The standard InChI is InChI=1S/C8H18N6/c1-3-5-14-8(10-11-12-14)7-13(2)6-4-9/h3-7,9H2,1-2H3. The summed E-state index contributed by atoms with van der Waals surface area (Å²) in [5, 5.41) is 11.6. The summed E-state index contributed by atoms with van der Waals surface area (Å²) in [5.74, 6) is 0.905. The van der Waals surface area contributed by atoms with E-state index in [4.69, 9.17) is 5.73 Å². The van der Waals surface area contributed by atoms with Gasteiger partial charge in [0.25, 0.3) is 0 Å². The van der Waals surface area contributed by atoms with Crippen LogP contribution in [0.25, 0.3) is 0 Å². The molecule has 1 aromatic rings. The molecule has 0 saturated heterocycles. The summed E-state index contributed by atoms with van der Waals surface area (Å²) < 4.78 is 1.84. The summed E-state index contributed by atoms with van der Waals surface area (Å²) in [4.78, 5) is 2.11. The molecule has 0 fully saturated rings. The summed E-state index contributed by atoms with van der Waals surface area (Å²) in [7, 11) is 2.01. The molecule has 6 heteroatoms. The molecular weight excluding hydrogens is 180 g/mol. The molecule has 6 nitrogen and oxygen atoms in total. The lowest BCUT2D eigenvalue weighted by molar-refractivity contribution is 0.318. The van der Waals surface area contributed by atoms with Gasteiger partial charge in [-0.1, -0.05) is 6.92 Å². The van der Waals surface area contributed by atoms with E-state index in [9.17, 15) is 0 Å². The van der Waals surface area contributed by atoms with Gasteiger partial charge >= 0.3 is 0 Å². The Bertz CT molecular complexity index is 258. The molecular formula is C8H18N6. The van der Waals surface area contributed by atoms with E-state index in [0.717, 1.165) is 31.9 Å². The van der Waals surface area contributed by atoms with Gasteiger partial charge < -0.3 is 5.73 Å². The zero-order valence-electron chi connectivity index (χ0n) is 8.85. The van der Waals surface area contributed by atoms with E-state index in [1.165, 1.54) is 0 Å². The molecule has 2 N–H and O–H groups in total. The number of hydrogen-bond donors (Lipinski definition) is 1. The lowest BCUT2D eigenvalue weighted by Crippen LogP contribution is -2.26. The number of nitrogens with two attached hydrogens (primary N) is 1. The predicted molar refractivity (Wildman–Crippen MR) is 53.5 cm³/mol. The first-order valence-corrected chi connectivity index (χ1v) is 4.91. The molecule has 1 rings (SSSR count). The molecule has 0 atom stereocenters. The molecule has 0 saturated carbocycles. The zero-order chi connectivity index (χ0) is 10.4. The van der Waals surface area contributed by atoms with Crippen LogP contribution >= 0.6 is 0 Å². The van der Waals surface area contributed by atoms with Gasteiger partial charge in [-0.15, -0.1) is 5.10 Å². The topological polar surface area (TPSA) is 72.9 Å². The Balaban J connectivity index is 2.52. The number of likely N-dealkylation sites (N-methyl/N-ethyl adjacent to an activating group) is 1. The number of nitrogens with zero attached hydrogens (tertiary/aromatic N) is 5. The van der Waals surface area contributed by atoms with Crippen LogP contribution in [0.3, 0.4) is 0 Å². The van der Waals surface area contributed by atoms with Gasteiger partial charge in [0.2, 0.25) is 0 Å². The third-order valence-electron chi connectivity index (χ3n) is 1.96. The highest BCUT2D eigenvalue weighted by Crippen LogP contribution is 1.98. The van der Waals surface area contributed by atoms with Gasteiger partial charge in [-0.05, 0) is 23.9 Å². The number of rotatable bonds is 6. The molecule has 0 spiro atoms. The summed E-state index contributed by atoms with van der Waals surface area (Å²) in [6.45, 7) is 5.25. The molecule has 0 aliphatic carbocycles. The van der Waals surface area contributed by atoms with Crippen molar-refractivity contribution >= 4 is 0 Å². The molecule has 14 heavy (non-hydrogen) atoms. The molecule has 1 heterocycles. The summed E-state index contributed by atoms with van der Waals surface area (Å²) >= 11 is 0. The van der Waals surface area contributed by atoms with E-state index in [1.54, 1.807) is 0 Å². The van der Waals surface area contributed by atoms with Crippen LogP contribution in [0, 0.1) is 0 Å². The maximum absolute atomic E-state index is 5.45. The van der Waals surface area contributed by atoms with Crippen molar-refractivity contribution in [1.82, 2.24) is 25.1 Å². The average Bonchev–Trinajstić information content (AvgIpc) is 2.54. The van der Waals surface area contributed by atoms with Crippen molar-refractivity contribution in [3.63, 3.8) is 0 Å². The highest BCUT2D eigenvalue weighted by molar-refractivity contribution is 4.80. The maximum atomic E-state index is 5.45. The third kappa shape index (κ3) is 3.04. The Kier molecular flexibility index (Phi) is 4.48. The van der Waals surface area contributed by atoms with Crippen molar-refractivity contribution in [2.45, 2.75) is 26.4 Å². The van der Waals surface area contributed by atoms with Gasteiger partial charge in [-0.3, -0.25) is 4.90 Å². The fraction of sp³-hybridized carbons (Fsp3) is 0.875. The Hall–Kier alpha value is -1.01. The quantitative estimate of drug-likeness (QED) is 0.665. The van der Waals surface area contributed by atoms with Gasteiger partial charge in [0.05, 0.1) is 6.54 Å². The first-order valence-electron chi connectivity index (χ1n) is 4.91. The predicted octanol–water partition coefficient (Wildman–Crippen LogP) is -0.526. The molecule has 0 radical (unpaired) electrons. The monoisotopic (exact) mass is 198 g/mol. The SMILES string of the molecule is CCCn1nnnc1CN(C)CCN. The first kappa shape index (κ1) is 11.1. The van der Waals surface area contributed by atoms with Crippen molar-refractivity contribution in [1.29, 1.82) is 0 Å². The minimum atomic E-state index is 0.659. The second-order valence-electron chi connectivity index (χ2n) is 3.34. The van der Waals surface area contributed by atoms with Gasteiger partial charge in [0, 0.05) is 19.6 Å². The highest BCUT2D eigenvalue weighted by Gasteiger charge is 2.07. The third-order valence-corrected chi connectivity index (χ3v) is 1.96. The summed E-state index contributed by atoms with van der Waals surface area (Å²) in [6, 6.07) is 0. The number of hydrogen-bond acceptors (Lipinski definition) is 5. The lowest BCUT2D eigenvalue weighted by atomic mass is 10.4. The Morgan fingerprint density at radius 1 is 1.50 bits per heavy atom. The Labute approximate surface area is 84.1 Å². The second kappa shape index (κ2) is 5.66.